The molecule has 2 heterocycles. The number of carbonyl (C=O) groups is 1. The van der Waals surface area contributed by atoms with Crippen molar-refractivity contribution in [2.45, 2.75) is 34.2 Å². The summed E-state index contributed by atoms with van der Waals surface area (Å²) in [4.78, 5) is 36.7. The molecular formula is C24H31N7O3. The van der Waals surface area contributed by atoms with Gasteiger partial charge in [-0.25, -0.2) is 5.48 Å². The van der Waals surface area contributed by atoms with Crippen LogP contribution in [0.2, 0.25) is 0 Å². The van der Waals surface area contributed by atoms with Crippen LogP contribution in [-0.4, -0.2) is 46.5 Å². The zero-order valence-corrected chi connectivity index (χ0v) is 20.4. The Labute approximate surface area is 199 Å². The van der Waals surface area contributed by atoms with Gasteiger partial charge in [0.05, 0.1) is 19.3 Å². The van der Waals surface area contributed by atoms with Gasteiger partial charge in [-0.2, -0.15) is 15.0 Å². The van der Waals surface area contributed by atoms with Crippen LogP contribution in [0.15, 0.2) is 42.6 Å². The molecule has 0 aliphatic rings. The standard InChI is InChI=1S/C24H31N7O3/c1-16-10-11-17(20(32)30-33-6)13-19(16)34-23-28-21(26-14-18-9-7-8-12-25-18)27-22(29-23)31(5)15-24(2,3)4/h7-13H,14-15H2,1-6H3,(H,30,32)(H,26,27,28,29). The molecule has 10 nitrogen and oxygen atoms in total. The highest BCUT2D eigenvalue weighted by molar-refractivity contribution is 5.94. The number of nitrogens with zero attached hydrogens (tertiary/aromatic N) is 5. The van der Waals surface area contributed by atoms with E-state index in [0.717, 1.165) is 17.8 Å². The molecule has 34 heavy (non-hydrogen) atoms. The zero-order chi connectivity index (χ0) is 24.7. The summed E-state index contributed by atoms with van der Waals surface area (Å²) in [6.45, 7) is 9.47. The van der Waals surface area contributed by atoms with E-state index in [-0.39, 0.29) is 17.3 Å². The van der Waals surface area contributed by atoms with Crippen molar-refractivity contribution in [3.05, 3.63) is 59.4 Å². The highest BCUT2D eigenvalue weighted by atomic mass is 16.6. The van der Waals surface area contributed by atoms with Crippen molar-refractivity contribution < 1.29 is 14.4 Å². The highest BCUT2D eigenvalue weighted by Gasteiger charge is 2.19. The van der Waals surface area contributed by atoms with Crippen molar-refractivity contribution in [2.24, 2.45) is 5.41 Å². The Balaban J connectivity index is 1.91. The van der Waals surface area contributed by atoms with Crippen molar-refractivity contribution in [2.75, 3.05) is 30.9 Å². The fraction of sp³-hybridized carbons (Fsp3) is 0.375. The lowest BCUT2D eigenvalue weighted by Gasteiger charge is -2.26. The number of rotatable bonds is 9. The van der Waals surface area contributed by atoms with Gasteiger partial charge in [-0.15, -0.1) is 0 Å². The lowest BCUT2D eigenvalue weighted by atomic mass is 9.96. The van der Waals surface area contributed by atoms with Gasteiger partial charge < -0.3 is 15.0 Å². The number of aromatic nitrogens is 4. The molecule has 2 N–H and O–H groups in total. The molecule has 1 amide bonds. The highest BCUT2D eigenvalue weighted by Crippen LogP contribution is 2.26. The molecule has 0 spiro atoms. The van der Waals surface area contributed by atoms with E-state index >= 15 is 0 Å². The first-order valence-corrected chi connectivity index (χ1v) is 10.9. The molecule has 0 saturated carbocycles. The molecule has 0 fully saturated rings. The van der Waals surface area contributed by atoms with Crippen molar-refractivity contribution in [3.8, 4) is 11.8 Å². The van der Waals surface area contributed by atoms with E-state index in [1.54, 1.807) is 24.4 Å². The molecule has 0 bridgehead atoms. The van der Waals surface area contributed by atoms with Gasteiger partial charge in [-0.3, -0.25) is 14.6 Å². The van der Waals surface area contributed by atoms with Gasteiger partial charge in [-0.05, 0) is 42.2 Å². The van der Waals surface area contributed by atoms with Crippen LogP contribution in [0.5, 0.6) is 11.8 Å². The van der Waals surface area contributed by atoms with Crippen LogP contribution in [-0.2, 0) is 11.4 Å². The number of hydrogen-bond donors (Lipinski definition) is 2. The second-order valence-corrected chi connectivity index (χ2v) is 9.05. The van der Waals surface area contributed by atoms with Gasteiger partial charge in [0.25, 0.3) is 5.91 Å². The van der Waals surface area contributed by atoms with Gasteiger partial charge in [0.15, 0.2) is 0 Å². The predicted molar refractivity (Wildman–Crippen MR) is 130 cm³/mol. The molecule has 0 aliphatic heterocycles. The predicted octanol–water partition coefficient (Wildman–Crippen LogP) is 3.75. The lowest BCUT2D eigenvalue weighted by Crippen LogP contribution is -2.30. The minimum absolute atomic E-state index is 0.0313. The number of hydroxylamine groups is 1. The molecule has 0 unspecified atom stereocenters. The summed E-state index contributed by atoms with van der Waals surface area (Å²) < 4.78 is 6.03. The molecule has 10 heteroatoms. The number of hydrogen-bond acceptors (Lipinski definition) is 9. The maximum absolute atomic E-state index is 12.2. The van der Waals surface area contributed by atoms with Gasteiger partial charge in [0, 0.05) is 25.4 Å². The Kier molecular flexibility index (Phi) is 7.95. The van der Waals surface area contributed by atoms with Crippen molar-refractivity contribution >= 4 is 17.8 Å². The zero-order valence-electron chi connectivity index (χ0n) is 20.4. The second-order valence-electron chi connectivity index (χ2n) is 9.05. The molecular weight excluding hydrogens is 434 g/mol. The normalized spacial score (nSPS) is 11.1. The summed E-state index contributed by atoms with van der Waals surface area (Å²) in [6, 6.07) is 10.9. The van der Waals surface area contributed by atoms with E-state index in [2.05, 4.69) is 51.5 Å². The molecule has 0 radical (unpaired) electrons. The summed E-state index contributed by atoms with van der Waals surface area (Å²) in [5, 5.41) is 3.19. The Morgan fingerprint density at radius 3 is 2.59 bits per heavy atom. The van der Waals surface area contributed by atoms with Crippen LogP contribution in [0.25, 0.3) is 0 Å². The van der Waals surface area contributed by atoms with Crippen LogP contribution in [0.4, 0.5) is 11.9 Å². The minimum Gasteiger partial charge on any atom is -0.424 e. The summed E-state index contributed by atoms with van der Waals surface area (Å²) in [7, 11) is 3.30. The monoisotopic (exact) mass is 465 g/mol. The molecule has 180 valence electrons. The number of ether oxygens (including phenoxy) is 1. The van der Waals surface area contributed by atoms with E-state index in [9.17, 15) is 4.79 Å². The molecule has 0 aliphatic carbocycles. The van der Waals surface area contributed by atoms with Crippen LogP contribution in [0.3, 0.4) is 0 Å². The van der Waals surface area contributed by atoms with Gasteiger partial charge >= 0.3 is 6.01 Å². The Morgan fingerprint density at radius 1 is 1.12 bits per heavy atom. The number of benzene rings is 1. The van der Waals surface area contributed by atoms with E-state index < -0.39 is 0 Å². The molecule has 3 rings (SSSR count). The topological polar surface area (TPSA) is 114 Å². The number of aryl methyl sites for hydroxylation is 1. The summed E-state index contributed by atoms with van der Waals surface area (Å²) in [5.74, 6) is 0.896. The van der Waals surface area contributed by atoms with E-state index in [4.69, 9.17) is 9.57 Å². The fourth-order valence-corrected chi connectivity index (χ4v) is 3.20. The second kappa shape index (κ2) is 10.9. The maximum Gasteiger partial charge on any atom is 0.328 e. The number of carbonyl (C=O) groups excluding carboxylic acids is 1. The Hall–Kier alpha value is -3.79. The maximum atomic E-state index is 12.2. The molecule has 0 atom stereocenters. The fourth-order valence-electron chi connectivity index (χ4n) is 3.20. The lowest BCUT2D eigenvalue weighted by molar-refractivity contribution is 0.0537. The number of pyridine rings is 1. The van der Waals surface area contributed by atoms with Gasteiger partial charge in [0.1, 0.15) is 5.75 Å². The quantitative estimate of drug-likeness (QED) is 0.456. The van der Waals surface area contributed by atoms with E-state index in [0.29, 0.717) is 29.8 Å². The molecule has 0 saturated heterocycles. The summed E-state index contributed by atoms with van der Waals surface area (Å²) in [5.41, 5.74) is 4.39. The van der Waals surface area contributed by atoms with E-state index in [1.807, 2.05) is 37.1 Å². The first-order chi connectivity index (χ1) is 16.1. The third kappa shape index (κ3) is 7.11. The van der Waals surface area contributed by atoms with Gasteiger partial charge in [-0.1, -0.05) is 32.9 Å². The Bertz CT molecular complexity index is 1120. The third-order valence-electron chi connectivity index (χ3n) is 4.66. The van der Waals surface area contributed by atoms with Crippen LogP contribution >= 0.6 is 0 Å². The largest absolute Gasteiger partial charge is 0.424 e. The van der Waals surface area contributed by atoms with Crippen molar-refractivity contribution in [1.82, 2.24) is 25.4 Å². The van der Waals surface area contributed by atoms with Crippen LogP contribution < -0.4 is 20.4 Å². The average Bonchev–Trinajstić information content (AvgIpc) is 2.79. The molecule has 1 aromatic carbocycles. The third-order valence-corrected chi connectivity index (χ3v) is 4.66. The number of anilines is 2. The van der Waals surface area contributed by atoms with E-state index in [1.165, 1.54) is 7.11 Å². The smallest absolute Gasteiger partial charge is 0.328 e. The first-order valence-electron chi connectivity index (χ1n) is 10.9. The first kappa shape index (κ1) is 24.8. The average molecular weight is 466 g/mol. The van der Waals surface area contributed by atoms with Gasteiger partial charge in [0.2, 0.25) is 11.9 Å². The molecule has 3 aromatic rings. The van der Waals surface area contributed by atoms with Crippen molar-refractivity contribution in [1.29, 1.82) is 0 Å². The number of amides is 1. The Morgan fingerprint density at radius 2 is 1.91 bits per heavy atom. The van der Waals surface area contributed by atoms with Crippen LogP contribution in [0.1, 0.15) is 42.4 Å². The molecule has 2 aromatic heterocycles. The summed E-state index contributed by atoms with van der Waals surface area (Å²) >= 11 is 0. The van der Waals surface area contributed by atoms with Crippen molar-refractivity contribution in [3.63, 3.8) is 0 Å². The summed E-state index contributed by atoms with van der Waals surface area (Å²) in [6.07, 6.45) is 1.73. The number of nitrogens with one attached hydrogen (secondary N) is 2. The minimum atomic E-state index is -0.383. The van der Waals surface area contributed by atoms with Crippen LogP contribution in [0, 0.1) is 12.3 Å². The SMILES string of the molecule is CONC(=O)c1ccc(C)c(Oc2nc(NCc3ccccn3)nc(N(C)CC(C)(C)C)n2)c1.